The number of aliphatic hydroxyl groups excluding tert-OH is 1. The van der Waals surface area contributed by atoms with Gasteiger partial charge in [0.25, 0.3) is 5.91 Å². The lowest BCUT2D eigenvalue weighted by Gasteiger charge is -2.00. The molecule has 7 heteroatoms. The van der Waals surface area contributed by atoms with Crippen LogP contribution in [0, 0.1) is 3.57 Å². The molecule has 1 heterocycles. The van der Waals surface area contributed by atoms with Gasteiger partial charge in [0.2, 0.25) is 0 Å². The van der Waals surface area contributed by atoms with Gasteiger partial charge in [0.1, 0.15) is 6.73 Å². The summed E-state index contributed by atoms with van der Waals surface area (Å²) in [6, 6.07) is 0. The van der Waals surface area contributed by atoms with Gasteiger partial charge in [-0.15, -0.1) is 0 Å². The molecule has 0 radical (unpaired) electrons. The van der Waals surface area contributed by atoms with E-state index in [0.717, 1.165) is 0 Å². The van der Waals surface area contributed by atoms with Crippen LogP contribution in [0.15, 0.2) is 6.20 Å². The van der Waals surface area contributed by atoms with Crippen LogP contribution in [-0.2, 0) is 11.5 Å². The third-order valence-corrected chi connectivity index (χ3v) is 2.20. The SMILES string of the molecule is NC(=O)c1nn(COCCO)cc1I. The first-order valence-corrected chi connectivity index (χ1v) is 4.94. The number of carbonyl (C=O) groups is 1. The van der Waals surface area contributed by atoms with E-state index in [-0.39, 0.29) is 25.6 Å². The van der Waals surface area contributed by atoms with Gasteiger partial charge < -0.3 is 15.6 Å². The van der Waals surface area contributed by atoms with Crippen molar-refractivity contribution in [3.05, 3.63) is 15.5 Å². The molecule has 6 nitrogen and oxygen atoms in total. The zero-order valence-corrected chi connectivity index (χ0v) is 9.47. The number of hydrogen-bond acceptors (Lipinski definition) is 4. The summed E-state index contributed by atoms with van der Waals surface area (Å²) < 4.78 is 7.15. The van der Waals surface area contributed by atoms with Crippen LogP contribution >= 0.6 is 22.6 Å². The van der Waals surface area contributed by atoms with E-state index in [2.05, 4.69) is 5.10 Å². The lowest BCUT2D eigenvalue weighted by atomic mass is 10.4. The summed E-state index contributed by atoms with van der Waals surface area (Å²) in [5.41, 5.74) is 5.32. The molecular weight excluding hydrogens is 301 g/mol. The molecule has 14 heavy (non-hydrogen) atoms. The van der Waals surface area contributed by atoms with E-state index in [1.165, 1.54) is 4.68 Å². The molecule has 3 N–H and O–H groups in total. The summed E-state index contributed by atoms with van der Waals surface area (Å²) in [6.45, 7) is 0.396. The van der Waals surface area contributed by atoms with E-state index < -0.39 is 5.91 Å². The second kappa shape index (κ2) is 5.27. The van der Waals surface area contributed by atoms with Crippen LogP contribution in [0.3, 0.4) is 0 Å². The van der Waals surface area contributed by atoms with Crippen LogP contribution in [0.4, 0.5) is 0 Å². The lowest BCUT2D eigenvalue weighted by Crippen LogP contribution is -2.14. The molecule has 0 fully saturated rings. The summed E-state index contributed by atoms with van der Waals surface area (Å²) in [7, 11) is 0. The van der Waals surface area contributed by atoms with Crippen molar-refractivity contribution in [1.82, 2.24) is 9.78 Å². The number of halogens is 1. The molecule has 0 aliphatic carbocycles. The van der Waals surface area contributed by atoms with Crippen molar-refractivity contribution in [1.29, 1.82) is 0 Å². The predicted molar refractivity (Wildman–Crippen MR) is 56.5 cm³/mol. The number of nitrogens with two attached hydrogens (primary N) is 1. The first-order valence-electron chi connectivity index (χ1n) is 3.86. The minimum absolute atomic E-state index is 0.0406. The fourth-order valence-electron chi connectivity index (χ4n) is 0.853. The largest absolute Gasteiger partial charge is 0.394 e. The van der Waals surface area contributed by atoms with E-state index in [9.17, 15) is 4.79 Å². The molecule has 1 aromatic rings. The Kier molecular flexibility index (Phi) is 4.29. The second-order valence-corrected chi connectivity index (χ2v) is 3.65. The number of amides is 1. The quantitative estimate of drug-likeness (QED) is 0.569. The molecule has 0 bridgehead atoms. The van der Waals surface area contributed by atoms with Crippen LogP contribution in [0.2, 0.25) is 0 Å². The molecule has 1 rings (SSSR count). The van der Waals surface area contributed by atoms with Crippen molar-refractivity contribution in [3.63, 3.8) is 0 Å². The Bertz CT molecular complexity index is 326. The maximum absolute atomic E-state index is 10.8. The van der Waals surface area contributed by atoms with Crippen molar-refractivity contribution in [3.8, 4) is 0 Å². The summed E-state index contributed by atoms with van der Waals surface area (Å²) in [6.07, 6.45) is 1.65. The van der Waals surface area contributed by atoms with Gasteiger partial charge >= 0.3 is 0 Å². The van der Waals surface area contributed by atoms with Crippen molar-refractivity contribution < 1.29 is 14.6 Å². The number of primary amides is 1. The first kappa shape index (κ1) is 11.4. The van der Waals surface area contributed by atoms with Crippen molar-refractivity contribution in [2.24, 2.45) is 5.73 Å². The van der Waals surface area contributed by atoms with Crippen LogP contribution in [0.5, 0.6) is 0 Å². The summed E-state index contributed by atoms with van der Waals surface area (Å²) in [5.74, 6) is -0.560. The van der Waals surface area contributed by atoms with Gasteiger partial charge in [0, 0.05) is 6.20 Å². The van der Waals surface area contributed by atoms with Crippen molar-refractivity contribution >= 4 is 28.5 Å². The van der Waals surface area contributed by atoms with Gasteiger partial charge in [-0.25, -0.2) is 4.68 Å². The van der Waals surface area contributed by atoms with Gasteiger partial charge in [-0.05, 0) is 22.6 Å². The zero-order valence-electron chi connectivity index (χ0n) is 7.31. The number of aliphatic hydroxyl groups is 1. The molecule has 0 aliphatic rings. The number of aromatic nitrogens is 2. The maximum Gasteiger partial charge on any atom is 0.270 e. The van der Waals surface area contributed by atoms with Crippen LogP contribution in [0.1, 0.15) is 10.5 Å². The fraction of sp³-hybridized carbons (Fsp3) is 0.429. The second-order valence-electron chi connectivity index (χ2n) is 2.49. The van der Waals surface area contributed by atoms with Crippen molar-refractivity contribution in [2.75, 3.05) is 13.2 Å². The third kappa shape index (κ3) is 2.93. The fourth-order valence-corrected chi connectivity index (χ4v) is 1.55. The summed E-state index contributed by atoms with van der Waals surface area (Å²) in [4.78, 5) is 10.8. The smallest absolute Gasteiger partial charge is 0.270 e. The maximum atomic E-state index is 10.8. The van der Waals surface area contributed by atoms with Gasteiger partial charge in [0.05, 0.1) is 16.8 Å². The Morgan fingerprint density at radius 1 is 1.79 bits per heavy atom. The molecule has 0 atom stereocenters. The Morgan fingerprint density at radius 2 is 2.50 bits per heavy atom. The van der Waals surface area contributed by atoms with Gasteiger partial charge in [0.15, 0.2) is 5.69 Å². The molecular formula is C7H10IN3O3. The normalized spacial score (nSPS) is 10.4. The molecule has 78 valence electrons. The molecule has 0 aromatic carbocycles. The van der Waals surface area contributed by atoms with Gasteiger partial charge in [-0.3, -0.25) is 4.79 Å². The average molecular weight is 311 g/mol. The van der Waals surface area contributed by atoms with E-state index >= 15 is 0 Å². The number of ether oxygens (including phenoxy) is 1. The highest BCUT2D eigenvalue weighted by Gasteiger charge is 2.11. The van der Waals surface area contributed by atoms with E-state index in [0.29, 0.717) is 3.57 Å². The summed E-state index contributed by atoms with van der Waals surface area (Å²) >= 11 is 1.97. The first-order chi connectivity index (χ1) is 6.65. The Hall–Kier alpha value is -0.670. The van der Waals surface area contributed by atoms with Crippen molar-refractivity contribution in [2.45, 2.75) is 6.73 Å². The Labute approximate surface area is 94.2 Å². The molecule has 0 unspecified atom stereocenters. The average Bonchev–Trinajstić information content (AvgIpc) is 2.47. The monoisotopic (exact) mass is 311 g/mol. The van der Waals surface area contributed by atoms with Crippen LogP contribution < -0.4 is 5.73 Å². The molecule has 1 aromatic heterocycles. The topological polar surface area (TPSA) is 90.4 Å². The minimum atomic E-state index is -0.560. The molecule has 0 saturated heterocycles. The molecule has 0 saturated carbocycles. The number of carbonyl (C=O) groups excluding carboxylic acids is 1. The highest BCUT2D eigenvalue weighted by Crippen LogP contribution is 2.09. The lowest BCUT2D eigenvalue weighted by molar-refractivity contribution is 0.0416. The van der Waals surface area contributed by atoms with Gasteiger partial charge in [-0.2, -0.15) is 5.10 Å². The molecule has 0 aliphatic heterocycles. The minimum Gasteiger partial charge on any atom is -0.394 e. The molecule has 1 amide bonds. The predicted octanol–water partition coefficient (Wildman–Crippen LogP) is -0.447. The number of rotatable bonds is 5. The highest BCUT2D eigenvalue weighted by atomic mass is 127. The third-order valence-electron chi connectivity index (χ3n) is 1.41. The van der Waals surface area contributed by atoms with Gasteiger partial charge in [-0.1, -0.05) is 0 Å². The number of hydrogen-bond donors (Lipinski definition) is 2. The number of nitrogens with zero attached hydrogens (tertiary/aromatic N) is 2. The standard InChI is InChI=1S/C7H10IN3O3/c8-5-3-11(4-14-2-1-12)10-6(5)7(9)13/h3,12H,1-2,4H2,(H2,9,13). The summed E-state index contributed by atoms with van der Waals surface area (Å²) in [5, 5.41) is 12.4. The van der Waals surface area contributed by atoms with Crippen LogP contribution in [-0.4, -0.2) is 34.0 Å². The van der Waals surface area contributed by atoms with E-state index in [4.69, 9.17) is 15.6 Å². The van der Waals surface area contributed by atoms with E-state index in [1.54, 1.807) is 6.20 Å². The van der Waals surface area contributed by atoms with E-state index in [1.807, 2.05) is 22.6 Å². The van der Waals surface area contributed by atoms with Crippen LogP contribution in [0.25, 0.3) is 0 Å². The Morgan fingerprint density at radius 3 is 3.00 bits per heavy atom. The molecule has 0 spiro atoms. The Balaban J connectivity index is 2.62. The highest BCUT2D eigenvalue weighted by molar-refractivity contribution is 14.1. The zero-order chi connectivity index (χ0) is 10.6.